The summed E-state index contributed by atoms with van der Waals surface area (Å²) in [6.07, 6.45) is -3.82. The molecule has 1 aromatic heterocycles. The molecule has 2 aromatic rings. The summed E-state index contributed by atoms with van der Waals surface area (Å²) < 4.78 is 59.5. The first-order chi connectivity index (χ1) is 13.6. The largest absolute Gasteiger partial charge is 0.465 e. The number of rotatable bonds is 8. The lowest BCUT2D eigenvalue weighted by molar-refractivity contribution is -0.168. The number of nitrogens with one attached hydrogen (secondary N) is 1. The number of methoxy groups -OCH3 is 1. The summed E-state index contributed by atoms with van der Waals surface area (Å²) in [7, 11) is 1.24. The maximum atomic E-state index is 12.9. The predicted molar refractivity (Wildman–Crippen MR) is 100 cm³/mol. The molecule has 0 aliphatic heterocycles. The molecule has 29 heavy (non-hydrogen) atoms. The topological polar surface area (TPSA) is 64.6 Å². The number of carbonyl (C=O) groups is 2. The van der Waals surface area contributed by atoms with Gasteiger partial charge in [-0.25, -0.2) is 13.6 Å². The average Bonchev–Trinajstić information content (AvgIpc) is 2.94. The fraction of sp³-hybridized carbons (Fsp3) is 0.368. The minimum Gasteiger partial charge on any atom is -0.465 e. The van der Waals surface area contributed by atoms with E-state index in [1.54, 1.807) is 13.8 Å². The van der Waals surface area contributed by atoms with Crippen LogP contribution in [-0.2, 0) is 16.1 Å². The number of hydrogen-bond acceptors (Lipinski definition) is 5. The zero-order chi connectivity index (χ0) is 21.8. The van der Waals surface area contributed by atoms with E-state index in [0.717, 1.165) is 4.88 Å². The first-order valence-corrected chi connectivity index (χ1v) is 9.20. The normalized spacial score (nSPS) is 11.6. The molecule has 0 saturated carbocycles. The van der Waals surface area contributed by atoms with Crippen molar-refractivity contribution in [3.63, 3.8) is 0 Å². The first-order valence-electron chi connectivity index (χ1n) is 8.39. The lowest BCUT2D eigenvalue weighted by Gasteiger charge is -2.15. The summed E-state index contributed by atoms with van der Waals surface area (Å²) in [5.41, 5.74) is 1.50. The number of ether oxygens (including phenoxy) is 2. The van der Waals surface area contributed by atoms with E-state index in [-0.39, 0.29) is 17.7 Å². The Morgan fingerprint density at radius 3 is 2.55 bits per heavy atom. The summed E-state index contributed by atoms with van der Waals surface area (Å²) in [6.45, 7) is 1.74. The van der Waals surface area contributed by atoms with Gasteiger partial charge in [-0.2, -0.15) is 8.78 Å². The molecule has 1 aromatic carbocycles. The van der Waals surface area contributed by atoms with Gasteiger partial charge in [-0.15, -0.1) is 11.3 Å². The van der Waals surface area contributed by atoms with Crippen LogP contribution < -0.4 is 5.32 Å². The van der Waals surface area contributed by atoms with Crippen molar-refractivity contribution in [2.75, 3.05) is 19.0 Å². The molecule has 0 saturated heterocycles. The third-order valence-electron chi connectivity index (χ3n) is 4.07. The number of hydrogen-bond donors (Lipinski definition) is 1. The molecule has 0 spiro atoms. The van der Waals surface area contributed by atoms with Crippen LogP contribution in [0.1, 0.15) is 36.7 Å². The summed E-state index contributed by atoms with van der Waals surface area (Å²) in [6, 6.07) is 5.89. The van der Waals surface area contributed by atoms with Gasteiger partial charge in [0.15, 0.2) is 0 Å². The Labute approximate surface area is 168 Å². The third kappa shape index (κ3) is 5.54. The van der Waals surface area contributed by atoms with E-state index >= 15 is 0 Å². The van der Waals surface area contributed by atoms with E-state index in [2.05, 4.69) is 10.1 Å². The Bertz CT molecular complexity index is 898. The van der Waals surface area contributed by atoms with E-state index in [9.17, 15) is 27.2 Å². The molecule has 10 heteroatoms. The van der Waals surface area contributed by atoms with Crippen LogP contribution >= 0.6 is 11.3 Å². The highest BCUT2D eigenvalue weighted by Gasteiger charge is 2.40. The fourth-order valence-electron chi connectivity index (χ4n) is 2.41. The molecule has 0 aliphatic rings. The second-order valence-electron chi connectivity index (χ2n) is 6.19. The minimum atomic E-state index is -4.24. The second-order valence-corrected chi connectivity index (χ2v) is 7.41. The van der Waals surface area contributed by atoms with Crippen molar-refractivity contribution >= 4 is 28.2 Å². The van der Waals surface area contributed by atoms with Gasteiger partial charge in [0.05, 0.1) is 19.3 Å². The number of aryl methyl sites for hydroxylation is 1. The van der Waals surface area contributed by atoms with E-state index in [0.29, 0.717) is 16.1 Å². The number of benzene rings is 1. The maximum absolute atomic E-state index is 12.9. The van der Waals surface area contributed by atoms with Gasteiger partial charge in [0.2, 0.25) is 0 Å². The van der Waals surface area contributed by atoms with Crippen molar-refractivity contribution < 1.29 is 36.6 Å². The molecule has 0 unspecified atom stereocenters. The maximum Gasteiger partial charge on any atom is 0.341 e. The molecule has 1 N–H and O–H groups in total. The van der Waals surface area contributed by atoms with Gasteiger partial charge in [-0.1, -0.05) is 12.1 Å². The van der Waals surface area contributed by atoms with Crippen molar-refractivity contribution in [1.82, 2.24) is 0 Å². The SMILES string of the molecule is COC(=O)c1c(NC(=O)c2cccc(COCC(F)(F)C(F)F)c2)sc(C)c1C. The Balaban J connectivity index is 2.11. The fourth-order valence-corrected chi connectivity index (χ4v) is 3.45. The van der Waals surface area contributed by atoms with Gasteiger partial charge < -0.3 is 14.8 Å². The van der Waals surface area contributed by atoms with Gasteiger partial charge in [0.25, 0.3) is 5.91 Å². The van der Waals surface area contributed by atoms with Crippen molar-refractivity contribution in [2.45, 2.75) is 32.8 Å². The Kier molecular flexibility index (Phi) is 7.37. The van der Waals surface area contributed by atoms with Crippen LogP contribution in [0.2, 0.25) is 0 Å². The summed E-state index contributed by atoms with van der Waals surface area (Å²) in [5.74, 6) is -5.35. The van der Waals surface area contributed by atoms with Gasteiger partial charge in [-0.05, 0) is 37.1 Å². The smallest absolute Gasteiger partial charge is 0.341 e. The quantitative estimate of drug-likeness (QED) is 0.479. The van der Waals surface area contributed by atoms with Crippen molar-refractivity contribution in [2.24, 2.45) is 0 Å². The molecule has 0 bridgehead atoms. The summed E-state index contributed by atoms with van der Waals surface area (Å²) in [4.78, 5) is 25.4. The summed E-state index contributed by atoms with van der Waals surface area (Å²) in [5, 5.41) is 2.97. The standard InChI is InChI=1S/C19H19F4NO4S/c1-10-11(2)29-16(14(10)17(26)27-3)24-15(25)13-6-4-5-12(7-13)8-28-9-19(22,23)18(20)21/h4-7,18H,8-9H2,1-3H3,(H,24,25). The van der Waals surface area contributed by atoms with Gasteiger partial charge >= 0.3 is 18.3 Å². The highest BCUT2D eigenvalue weighted by molar-refractivity contribution is 7.16. The van der Waals surface area contributed by atoms with Gasteiger partial charge in [0, 0.05) is 10.4 Å². The number of halogens is 4. The van der Waals surface area contributed by atoms with Crippen LogP contribution in [0.15, 0.2) is 24.3 Å². The average molecular weight is 433 g/mol. The van der Waals surface area contributed by atoms with Crippen molar-refractivity contribution in [1.29, 1.82) is 0 Å². The molecular formula is C19H19F4NO4S. The van der Waals surface area contributed by atoms with Crippen molar-refractivity contribution in [3.05, 3.63) is 51.4 Å². The molecule has 1 amide bonds. The second kappa shape index (κ2) is 9.36. The molecule has 1 heterocycles. The molecule has 0 fully saturated rings. The Hall–Kier alpha value is -2.46. The zero-order valence-electron chi connectivity index (χ0n) is 15.9. The third-order valence-corrected chi connectivity index (χ3v) is 5.20. The molecule has 0 aliphatic carbocycles. The summed E-state index contributed by atoms with van der Waals surface area (Å²) >= 11 is 1.22. The zero-order valence-corrected chi connectivity index (χ0v) is 16.7. The predicted octanol–water partition coefficient (Wildman–Crippen LogP) is 4.82. The van der Waals surface area contributed by atoms with Crippen LogP contribution in [0.4, 0.5) is 22.6 Å². The van der Waals surface area contributed by atoms with Crippen LogP contribution in [0.5, 0.6) is 0 Å². The van der Waals surface area contributed by atoms with Gasteiger partial charge in [0.1, 0.15) is 11.6 Å². The number of esters is 1. The molecule has 0 atom stereocenters. The Morgan fingerprint density at radius 2 is 1.93 bits per heavy atom. The first kappa shape index (κ1) is 22.8. The van der Waals surface area contributed by atoms with E-state index in [1.807, 2.05) is 0 Å². The number of thiophene rings is 1. The number of alkyl halides is 4. The molecule has 2 rings (SSSR count). The van der Waals surface area contributed by atoms with Crippen LogP contribution in [-0.4, -0.2) is 37.9 Å². The Morgan fingerprint density at radius 1 is 1.24 bits per heavy atom. The van der Waals surface area contributed by atoms with E-state index in [4.69, 9.17) is 4.74 Å². The van der Waals surface area contributed by atoms with Crippen LogP contribution in [0.3, 0.4) is 0 Å². The number of amides is 1. The molecule has 158 valence electrons. The molecular weight excluding hydrogens is 414 g/mol. The lowest BCUT2D eigenvalue weighted by atomic mass is 10.1. The highest BCUT2D eigenvalue weighted by atomic mass is 32.1. The van der Waals surface area contributed by atoms with Gasteiger partial charge in [-0.3, -0.25) is 4.79 Å². The van der Waals surface area contributed by atoms with Crippen LogP contribution in [0.25, 0.3) is 0 Å². The lowest BCUT2D eigenvalue weighted by Crippen LogP contribution is -2.32. The molecule has 5 nitrogen and oxygen atoms in total. The van der Waals surface area contributed by atoms with Crippen LogP contribution in [0, 0.1) is 13.8 Å². The van der Waals surface area contributed by atoms with E-state index in [1.165, 1.54) is 42.7 Å². The van der Waals surface area contributed by atoms with E-state index < -0.39 is 30.8 Å². The highest BCUT2D eigenvalue weighted by Crippen LogP contribution is 2.33. The molecule has 0 radical (unpaired) electrons. The number of anilines is 1. The monoisotopic (exact) mass is 433 g/mol. The minimum absolute atomic E-state index is 0.186. The van der Waals surface area contributed by atoms with Crippen molar-refractivity contribution in [3.8, 4) is 0 Å². The number of carbonyl (C=O) groups excluding carboxylic acids is 2.